The van der Waals surface area contributed by atoms with Crippen molar-refractivity contribution >= 4 is 5.95 Å². The minimum absolute atomic E-state index is 0.243. The largest absolute Gasteiger partial charge is 0.467 e. The van der Waals surface area contributed by atoms with Gasteiger partial charge >= 0.3 is 0 Å². The van der Waals surface area contributed by atoms with Gasteiger partial charge in [0.2, 0.25) is 12.2 Å². The van der Waals surface area contributed by atoms with Crippen LogP contribution in [0.5, 0.6) is 0 Å². The summed E-state index contributed by atoms with van der Waals surface area (Å²) in [6.45, 7) is 3.81. The van der Waals surface area contributed by atoms with E-state index in [1.807, 2.05) is 19.1 Å². The van der Waals surface area contributed by atoms with Gasteiger partial charge in [0.1, 0.15) is 11.6 Å². The molecule has 9 nitrogen and oxygen atoms in total. The minimum atomic E-state index is -0.675. The summed E-state index contributed by atoms with van der Waals surface area (Å²) in [7, 11) is 0. The van der Waals surface area contributed by atoms with Crippen LogP contribution in [0, 0.1) is 11.2 Å². The molecule has 10 heteroatoms. The number of aromatic nitrogens is 4. The summed E-state index contributed by atoms with van der Waals surface area (Å²) >= 11 is 0. The molecular formula is C24H25FN6O3. The van der Waals surface area contributed by atoms with Crippen LogP contribution in [0.25, 0.3) is 22.6 Å². The Morgan fingerprint density at radius 1 is 1.15 bits per heavy atom. The Morgan fingerprint density at radius 2 is 1.94 bits per heavy atom. The van der Waals surface area contributed by atoms with E-state index in [4.69, 9.17) is 24.6 Å². The third-order valence-electron chi connectivity index (χ3n) is 5.63. The van der Waals surface area contributed by atoms with Crippen molar-refractivity contribution in [2.75, 3.05) is 25.1 Å². The fourth-order valence-electron chi connectivity index (χ4n) is 3.59. The SMILES string of the molecule is CC1(CN)COC(c2nc(-c3ccc(F)cc3)c(-c3ccnc(NCc4ccco4)n3)[nH]2)OC1. The summed E-state index contributed by atoms with van der Waals surface area (Å²) < 4.78 is 30.8. The molecule has 0 atom stereocenters. The number of ether oxygens (including phenoxy) is 2. The summed E-state index contributed by atoms with van der Waals surface area (Å²) in [5.41, 5.74) is 8.18. The lowest BCUT2D eigenvalue weighted by Crippen LogP contribution is -2.42. The topological polar surface area (TPSA) is 124 Å². The first-order chi connectivity index (χ1) is 16.5. The Hall–Kier alpha value is -3.60. The van der Waals surface area contributed by atoms with Crippen molar-refractivity contribution in [3.63, 3.8) is 0 Å². The molecule has 34 heavy (non-hydrogen) atoms. The predicted molar refractivity (Wildman–Crippen MR) is 123 cm³/mol. The highest BCUT2D eigenvalue weighted by Crippen LogP contribution is 2.35. The van der Waals surface area contributed by atoms with Crippen molar-refractivity contribution in [2.45, 2.75) is 19.8 Å². The van der Waals surface area contributed by atoms with E-state index in [1.165, 1.54) is 12.1 Å². The first-order valence-electron chi connectivity index (χ1n) is 10.9. The second-order valence-corrected chi connectivity index (χ2v) is 8.52. The van der Waals surface area contributed by atoms with Crippen LogP contribution in [0.4, 0.5) is 10.3 Å². The number of benzene rings is 1. The van der Waals surface area contributed by atoms with Crippen molar-refractivity contribution in [1.82, 2.24) is 19.9 Å². The zero-order valence-electron chi connectivity index (χ0n) is 18.6. The number of H-pyrrole nitrogens is 1. The number of halogens is 1. The zero-order valence-corrected chi connectivity index (χ0v) is 18.6. The molecule has 0 bridgehead atoms. The monoisotopic (exact) mass is 464 g/mol. The average molecular weight is 465 g/mol. The van der Waals surface area contributed by atoms with Crippen LogP contribution < -0.4 is 11.1 Å². The molecule has 1 aliphatic heterocycles. The fourth-order valence-corrected chi connectivity index (χ4v) is 3.59. The molecular weight excluding hydrogens is 439 g/mol. The molecule has 0 aliphatic carbocycles. The number of hydrogen-bond donors (Lipinski definition) is 3. The molecule has 3 aromatic heterocycles. The summed E-state index contributed by atoms with van der Waals surface area (Å²) in [6.07, 6.45) is 2.59. The quantitative estimate of drug-likeness (QED) is 0.376. The number of hydrogen-bond acceptors (Lipinski definition) is 8. The van der Waals surface area contributed by atoms with Crippen LogP contribution >= 0.6 is 0 Å². The maximum Gasteiger partial charge on any atom is 0.223 e. The van der Waals surface area contributed by atoms with Gasteiger partial charge in [-0.3, -0.25) is 0 Å². The highest BCUT2D eigenvalue weighted by molar-refractivity contribution is 5.77. The van der Waals surface area contributed by atoms with Gasteiger partial charge in [0.05, 0.1) is 43.1 Å². The second-order valence-electron chi connectivity index (χ2n) is 8.52. The lowest BCUT2D eigenvalue weighted by Gasteiger charge is -2.35. The zero-order chi connectivity index (χ0) is 23.5. The van der Waals surface area contributed by atoms with E-state index in [1.54, 1.807) is 30.7 Å². The number of nitrogens with one attached hydrogen (secondary N) is 2. The Labute approximate surface area is 195 Å². The highest BCUT2D eigenvalue weighted by atomic mass is 19.1. The van der Waals surface area contributed by atoms with Gasteiger partial charge in [-0.15, -0.1) is 0 Å². The molecule has 1 aliphatic rings. The molecule has 5 rings (SSSR count). The van der Waals surface area contributed by atoms with Gasteiger partial charge in [0.15, 0.2) is 5.82 Å². The van der Waals surface area contributed by atoms with E-state index in [-0.39, 0.29) is 11.2 Å². The van der Waals surface area contributed by atoms with Gasteiger partial charge in [-0.05, 0) is 42.5 Å². The molecule has 0 radical (unpaired) electrons. The van der Waals surface area contributed by atoms with Crippen molar-refractivity contribution in [1.29, 1.82) is 0 Å². The van der Waals surface area contributed by atoms with Crippen LogP contribution in [0.3, 0.4) is 0 Å². The maximum atomic E-state index is 13.6. The number of anilines is 1. The summed E-state index contributed by atoms with van der Waals surface area (Å²) in [5, 5.41) is 3.15. The normalized spacial score (nSPS) is 20.4. The lowest BCUT2D eigenvalue weighted by molar-refractivity contribution is -0.231. The Morgan fingerprint density at radius 3 is 2.65 bits per heavy atom. The minimum Gasteiger partial charge on any atom is -0.467 e. The van der Waals surface area contributed by atoms with Crippen LogP contribution in [0.1, 0.15) is 24.8 Å². The molecule has 0 saturated carbocycles. The summed E-state index contributed by atoms with van der Waals surface area (Å²) in [5.74, 6) is 1.37. The second kappa shape index (κ2) is 9.34. The molecule has 0 amide bonds. The molecule has 1 aromatic carbocycles. The van der Waals surface area contributed by atoms with Crippen molar-refractivity contribution in [3.8, 4) is 22.6 Å². The van der Waals surface area contributed by atoms with E-state index < -0.39 is 6.29 Å². The van der Waals surface area contributed by atoms with Gasteiger partial charge in [-0.2, -0.15) is 0 Å². The third kappa shape index (κ3) is 4.69. The number of rotatable bonds is 7. The number of imidazole rings is 1. The van der Waals surface area contributed by atoms with Gasteiger partial charge in [0.25, 0.3) is 0 Å². The first-order valence-corrected chi connectivity index (χ1v) is 10.9. The van der Waals surface area contributed by atoms with Crippen LogP contribution in [-0.4, -0.2) is 39.7 Å². The molecule has 1 fully saturated rings. The summed E-state index contributed by atoms with van der Waals surface area (Å²) in [6, 6.07) is 11.6. The van der Waals surface area contributed by atoms with Crippen molar-refractivity contribution < 1.29 is 18.3 Å². The average Bonchev–Trinajstić information content (AvgIpc) is 3.55. The Balaban J connectivity index is 1.47. The van der Waals surface area contributed by atoms with Crippen molar-refractivity contribution in [3.05, 3.63) is 72.3 Å². The van der Waals surface area contributed by atoms with Crippen LogP contribution in [0.15, 0.2) is 59.3 Å². The van der Waals surface area contributed by atoms with Gasteiger partial charge < -0.3 is 29.9 Å². The molecule has 4 aromatic rings. The predicted octanol–water partition coefficient (Wildman–Crippen LogP) is 3.89. The smallest absolute Gasteiger partial charge is 0.223 e. The van der Waals surface area contributed by atoms with E-state index in [0.717, 1.165) is 11.3 Å². The first kappa shape index (κ1) is 22.2. The number of nitrogens with two attached hydrogens (primary N) is 1. The Bertz CT molecular complexity index is 1230. The highest BCUT2D eigenvalue weighted by Gasteiger charge is 2.34. The third-order valence-corrected chi connectivity index (χ3v) is 5.63. The summed E-state index contributed by atoms with van der Waals surface area (Å²) in [4.78, 5) is 17.0. The van der Waals surface area contributed by atoms with Gasteiger partial charge in [-0.25, -0.2) is 19.3 Å². The molecule has 176 valence electrons. The van der Waals surface area contributed by atoms with E-state index >= 15 is 0 Å². The van der Waals surface area contributed by atoms with Crippen molar-refractivity contribution in [2.24, 2.45) is 11.1 Å². The molecule has 0 spiro atoms. The van der Waals surface area contributed by atoms with E-state index in [2.05, 4.69) is 20.3 Å². The van der Waals surface area contributed by atoms with Gasteiger partial charge in [0, 0.05) is 23.7 Å². The van der Waals surface area contributed by atoms with E-state index in [9.17, 15) is 4.39 Å². The number of furan rings is 1. The van der Waals surface area contributed by atoms with Gasteiger partial charge in [-0.1, -0.05) is 6.92 Å². The lowest BCUT2D eigenvalue weighted by atomic mass is 9.93. The number of aromatic amines is 1. The van der Waals surface area contributed by atoms with Crippen LogP contribution in [0.2, 0.25) is 0 Å². The molecule has 1 saturated heterocycles. The van der Waals surface area contributed by atoms with Crippen LogP contribution in [-0.2, 0) is 16.0 Å². The fraction of sp³-hybridized carbons (Fsp3) is 0.292. The molecule has 4 heterocycles. The van der Waals surface area contributed by atoms with E-state index in [0.29, 0.717) is 55.2 Å². The number of nitrogens with zero attached hydrogens (tertiary/aromatic N) is 3. The molecule has 0 unspecified atom stereocenters. The molecule has 4 N–H and O–H groups in total. The standard InChI is InChI=1S/C24H25FN6O3/c1-24(12-26)13-33-22(34-14-24)21-30-19(15-4-6-16(25)7-5-15)20(31-21)18-8-9-27-23(29-18)28-11-17-3-2-10-32-17/h2-10,22H,11-14,26H2,1H3,(H,30,31)(H,27,28,29). The Kier molecular flexibility index (Phi) is 6.10. The maximum absolute atomic E-state index is 13.6.